The Morgan fingerprint density at radius 1 is 1.13 bits per heavy atom. The van der Waals surface area contributed by atoms with Gasteiger partial charge >= 0.3 is 5.97 Å². The van der Waals surface area contributed by atoms with Crippen molar-refractivity contribution in [2.24, 2.45) is 0 Å². The minimum atomic E-state index is -3.82. The van der Waals surface area contributed by atoms with Crippen LogP contribution in [0.1, 0.15) is 20.9 Å². The molecule has 30 heavy (non-hydrogen) atoms. The summed E-state index contributed by atoms with van der Waals surface area (Å²) in [6, 6.07) is 3.70. The molecule has 1 fully saturated rings. The Morgan fingerprint density at radius 2 is 1.80 bits per heavy atom. The Morgan fingerprint density at radius 3 is 2.40 bits per heavy atom. The molecule has 3 rings (SSSR count). The fraction of sp³-hybridized carbons (Fsp3) is 0.375. The van der Waals surface area contributed by atoms with E-state index < -0.39 is 31.9 Å². The Bertz CT molecular complexity index is 1160. The maximum atomic E-state index is 12.8. The normalized spacial score (nSPS) is 15.9. The fourth-order valence-corrected chi connectivity index (χ4v) is 6.14. The molecule has 1 aliphatic rings. The Kier molecular flexibility index (Phi) is 6.33. The molecule has 0 aliphatic carbocycles. The van der Waals surface area contributed by atoms with Gasteiger partial charge in [-0.25, -0.2) is 26.4 Å². The summed E-state index contributed by atoms with van der Waals surface area (Å²) < 4.78 is 62.1. The van der Waals surface area contributed by atoms with E-state index in [2.05, 4.69) is 9.46 Å². The molecule has 2 aromatic rings. The molecular weight excluding hydrogens is 458 g/mol. The first-order valence-electron chi connectivity index (χ1n) is 8.60. The largest absolute Gasteiger partial charge is 0.465 e. The second-order valence-corrected chi connectivity index (χ2v) is 11.1. The molecule has 0 saturated carbocycles. The predicted octanol–water partition coefficient (Wildman–Crippen LogP) is 0.182. The van der Waals surface area contributed by atoms with Gasteiger partial charge in [-0.05, 0) is 25.2 Å². The molecule has 1 amide bonds. The SMILES string of the molecule is CNS(=O)(=O)c1ccc(C(=O)N2CCN(S(=O)(=O)c3cc(C(=O)OC)cs3)CC2)o1. The van der Waals surface area contributed by atoms with Crippen LogP contribution in [-0.4, -0.2) is 78.3 Å². The van der Waals surface area contributed by atoms with Crippen LogP contribution in [0.2, 0.25) is 0 Å². The van der Waals surface area contributed by atoms with E-state index in [1.165, 1.54) is 46.9 Å². The average molecular weight is 478 g/mol. The third kappa shape index (κ3) is 4.27. The van der Waals surface area contributed by atoms with Gasteiger partial charge in [-0.15, -0.1) is 11.3 Å². The highest BCUT2D eigenvalue weighted by molar-refractivity contribution is 7.91. The average Bonchev–Trinajstić information content (AvgIpc) is 3.43. The van der Waals surface area contributed by atoms with Crippen molar-refractivity contribution in [3.63, 3.8) is 0 Å². The first-order valence-corrected chi connectivity index (χ1v) is 12.4. The number of hydrogen-bond acceptors (Lipinski definition) is 9. The first kappa shape index (κ1) is 22.4. The van der Waals surface area contributed by atoms with Crippen molar-refractivity contribution in [1.82, 2.24) is 13.9 Å². The van der Waals surface area contributed by atoms with E-state index in [1.807, 2.05) is 0 Å². The Balaban J connectivity index is 1.67. The number of thiophene rings is 1. The Hall–Kier alpha value is -2.26. The summed E-state index contributed by atoms with van der Waals surface area (Å²) in [6.07, 6.45) is 0. The van der Waals surface area contributed by atoms with Crippen molar-refractivity contribution < 1.29 is 35.6 Å². The Labute approximate surface area is 177 Å². The molecule has 0 atom stereocenters. The zero-order valence-corrected chi connectivity index (χ0v) is 18.5. The van der Waals surface area contributed by atoms with E-state index >= 15 is 0 Å². The minimum Gasteiger partial charge on any atom is -0.465 e. The highest BCUT2D eigenvalue weighted by atomic mass is 32.2. The summed E-state index contributed by atoms with van der Waals surface area (Å²) in [6.45, 7) is 0.286. The van der Waals surface area contributed by atoms with Crippen LogP contribution in [0.25, 0.3) is 0 Å². The van der Waals surface area contributed by atoms with E-state index in [1.54, 1.807) is 0 Å². The number of piperazine rings is 1. The van der Waals surface area contributed by atoms with Crippen molar-refractivity contribution in [2.75, 3.05) is 40.3 Å². The van der Waals surface area contributed by atoms with Crippen LogP contribution in [0.5, 0.6) is 0 Å². The number of nitrogens with zero attached hydrogens (tertiary/aromatic N) is 2. The molecule has 0 unspecified atom stereocenters. The van der Waals surface area contributed by atoms with Crippen LogP contribution in [-0.2, 0) is 24.8 Å². The predicted molar refractivity (Wildman–Crippen MR) is 105 cm³/mol. The fourth-order valence-electron chi connectivity index (χ4n) is 2.77. The van der Waals surface area contributed by atoms with Gasteiger partial charge in [0.1, 0.15) is 4.21 Å². The number of esters is 1. The highest BCUT2D eigenvalue weighted by Gasteiger charge is 2.33. The lowest BCUT2D eigenvalue weighted by Gasteiger charge is -2.33. The number of methoxy groups -OCH3 is 1. The lowest BCUT2D eigenvalue weighted by Crippen LogP contribution is -2.50. The third-order valence-electron chi connectivity index (χ3n) is 4.44. The number of ether oxygens (including phenoxy) is 1. The molecule has 0 aromatic carbocycles. The smallest absolute Gasteiger partial charge is 0.338 e. The zero-order valence-electron chi connectivity index (χ0n) is 16.0. The van der Waals surface area contributed by atoms with Gasteiger partial charge in [-0.3, -0.25) is 4.79 Å². The van der Waals surface area contributed by atoms with Crippen LogP contribution in [0.15, 0.2) is 37.3 Å². The van der Waals surface area contributed by atoms with Gasteiger partial charge in [0.15, 0.2) is 5.76 Å². The molecule has 0 radical (unpaired) electrons. The molecule has 1 aliphatic heterocycles. The molecule has 11 nitrogen and oxygen atoms in total. The molecule has 0 spiro atoms. The number of rotatable bonds is 6. The molecular formula is C16H19N3O8S3. The van der Waals surface area contributed by atoms with E-state index in [9.17, 15) is 26.4 Å². The minimum absolute atomic E-state index is 0.00984. The van der Waals surface area contributed by atoms with Crippen LogP contribution in [0, 0.1) is 0 Å². The number of carbonyl (C=O) groups excluding carboxylic acids is 2. The summed E-state index contributed by atoms with van der Waals surface area (Å²) in [5.41, 5.74) is 0.153. The van der Waals surface area contributed by atoms with Crippen molar-refractivity contribution in [2.45, 2.75) is 9.30 Å². The van der Waals surface area contributed by atoms with Gasteiger partial charge in [0.2, 0.25) is 5.09 Å². The van der Waals surface area contributed by atoms with Crippen molar-refractivity contribution in [3.8, 4) is 0 Å². The molecule has 14 heteroatoms. The molecule has 1 saturated heterocycles. The van der Waals surface area contributed by atoms with E-state index in [-0.39, 0.29) is 46.8 Å². The maximum Gasteiger partial charge on any atom is 0.338 e. The summed E-state index contributed by atoms with van der Waals surface area (Å²) in [4.78, 5) is 25.5. The van der Waals surface area contributed by atoms with E-state index in [0.29, 0.717) is 0 Å². The monoisotopic (exact) mass is 477 g/mol. The zero-order chi connectivity index (χ0) is 22.1. The van der Waals surface area contributed by atoms with E-state index in [0.717, 1.165) is 11.3 Å². The number of nitrogens with one attached hydrogen (secondary N) is 1. The van der Waals surface area contributed by atoms with Crippen LogP contribution < -0.4 is 4.72 Å². The van der Waals surface area contributed by atoms with Gasteiger partial charge < -0.3 is 14.1 Å². The quantitative estimate of drug-likeness (QED) is 0.581. The summed E-state index contributed by atoms with van der Waals surface area (Å²) in [5.74, 6) is -1.31. The summed E-state index contributed by atoms with van der Waals surface area (Å²) in [7, 11) is -5.20. The second-order valence-electron chi connectivity index (χ2n) is 6.17. The lowest BCUT2D eigenvalue weighted by atomic mass is 10.3. The van der Waals surface area contributed by atoms with Gasteiger partial charge in [-0.2, -0.15) is 4.31 Å². The lowest BCUT2D eigenvalue weighted by molar-refractivity contribution is 0.0600. The number of carbonyl (C=O) groups is 2. The summed E-state index contributed by atoms with van der Waals surface area (Å²) in [5, 5.41) is 1.03. The van der Waals surface area contributed by atoms with Gasteiger partial charge in [-0.1, -0.05) is 0 Å². The van der Waals surface area contributed by atoms with Crippen LogP contribution in [0.4, 0.5) is 0 Å². The molecule has 1 N–H and O–H groups in total. The van der Waals surface area contributed by atoms with Crippen LogP contribution in [0.3, 0.4) is 0 Å². The summed E-state index contributed by atoms with van der Waals surface area (Å²) >= 11 is 0.916. The van der Waals surface area contributed by atoms with Crippen molar-refractivity contribution in [1.29, 1.82) is 0 Å². The topological polar surface area (TPSA) is 143 Å². The number of amides is 1. The number of furan rings is 1. The number of sulfonamides is 2. The van der Waals surface area contributed by atoms with Crippen molar-refractivity contribution in [3.05, 3.63) is 34.9 Å². The molecule has 2 aromatic heterocycles. The molecule has 0 bridgehead atoms. The highest BCUT2D eigenvalue weighted by Crippen LogP contribution is 2.26. The van der Waals surface area contributed by atoms with Gasteiger partial charge in [0.05, 0.1) is 12.7 Å². The third-order valence-corrected chi connectivity index (χ3v) is 9.04. The van der Waals surface area contributed by atoms with E-state index in [4.69, 9.17) is 4.42 Å². The maximum absolute atomic E-state index is 12.8. The second kappa shape index (κ2) is 8.47. The van der Waals surface area contributed by atoms with Crippen molar-refractivity contribution >= 4 is 43.3 Å². The van der Waals surface area contributed by atoms with Crippen LogP contribution >= 0.6 is 11.3 Å². The first-order chi connectivity index (χ1) is 14.1. The molecule has 3 heterocycles. The standard InChI is InChI=1S/C16H19N3O8S3/c1-17-29(22,23)13-4-3-12(27-13)15(20)18-5-7-19(8-6-18)30(24,25)14-9-11(10-28-14)16(21)26-2/h3-4,9-10,17H,5-8H2,1-2H3. The van der Waals surface area contributed by atoms with Gasteiger partial charge in [0.25, 0.3) is 26.0 Å². The number of hydrogen-bond donors (Lipinski definition) is 1. The van der Waals surface area contributed by atoms with Gasteiger partial charge in [0, 0.05) is 31.6 Å². The molecule has 164 valence electrons.